The van der Waals surface area contributed by atoms with E-state index in [1.807, 2.05) is 29.5 Å². The first-order valence-corrected chi connectivity index (χ1v) is 9.08. The van der Waals surface area contributed by atoms with E-state index in [1.165, 1.54) is 6.07 Å². The standard InChI is InChI=1S/C21H22FN3O2/c1-13-17(4-3-5-18(13)22)21(20(26)24-27)9-8-15(11-21)14-6-7-16-12-23-25(2)19(16)10-14/h3-7,10,12,15,27H,8-9,11H2,1-2H3,(H,24,26)/t15?,21-/m0/s1. The van der Waals surface area contributed by atoms with Gasteiger partial charge in [-0.2, -0.15) is 5.10 Å². The second kappa shape index (κ2) is 6.46. The zero-order valence-corrected chi connectivity index (χ0v) is 15.4. The highest BCUT2D eigenvalue weighted by Gasteiger charge is 2.48. The van der Waals surface area contributed by atoms with E-state index in [1.54, 1.807) is 19.1 Å². The maximum atomic E-state index is 14.2. The van der Waals surface area contributed by atoms with Gasteiger partial charge in [0.2, 0.25) is 0 Å². The number of amides is 1. The van der Waals surface area contributed by atoms with Crippen LogP contribution in [0.15, 0.2) is 42.6 Å². The average Bonchev–Trinajstić information content (AvgIpc) is 3.28. The maximum absolute atomic E-state index is 14.2. The predicted molar refractivity (Wildman–Crippen MR) is 100 cm³/mol. The van der Waals surface area contributed by atoms with Gasteiger partial charge in [0.05, 0.1) is 17.1 Å². The second-order valence-electron chi connectivity index (χ2n) is 7.46. The van der Waals surface area contributed by atoms with E-state index in [0.717, 1.165) is 22.9 Å². The molecule has 140 valence electrons. The van der Waals surface area contributed by atoms with Gasteiger partial charge in [-0.25, -0.2) is 9.87 Å². The monoisotopic (exact) mass is 367 g/mol. The van der Waals surface area contributed by atoms with Crippen LogP contribution < -0.4 is 5.48 Å². The summed E-state index contributed by atoms with van der Waals surface area (Å²) in [5, 5.41) is 14.7. The van der Waals surface area contributed by atoms with Gasteiger partial charge in [0.1, 0.15) is 5.82 Å². The van der Waals surface area contributed by atoms with Crippen LogP contribution in [0.5, 0.6) is 0 Å². The molecule has 2 N–H and O–H groups in total. The van der Waals surface area contributed by atoms with Gasteiger partial charge in [-0.1, -0.05) is 24.3 Å². The number of aromatic nitrogens is 2. The molecule has 1 unspecified atom stereocenters. The quantitative estimate of drug-likeness (QED) is 0.547. The van der Waals surface area contributed by atoms with Crippen molar-refractivity contribution in [1.29, 1.82) is 0 Å². The third-order valence-corrected chi connectivity index (χ3v) is 6.08. The summed E-state index contributed by atoms with van der Waals surface area (Å²) in [4.78, 5) is 12.7. The lowest BCUT2D eigenvalue weighted by Gasteiger charge is -2.29. The number of aryl methyl sites for hydroxylation is 1. The van der Waals surface area contributed by atoms with Crippen molar-refractivity contribution in [2.75, 3.05) is 0 Å². The smallest absolute Gasteiger partial charge is 0.254 e. The number of hydroxylamine groups is 1. The molecule has 0 saturated heterocycles. The van der Waals surface area contributed by atoms with Crippen LogP contribution >= 0.6 is 0 Å². The molecule has 4 rings (SSSR count). The van der Waals surface area contributed by atoms with E-state index in [2.05, 4.69) is 17.2 Å². The molecule has 1 aromatic heterocycles. The molecule has 0 radical (unpaired) electrons. The van der Waals surface area contributed by atoms with Crippen LogP contribution in [0.3, 0.4) is 0 Å². The number of benzene rings is 2. The highest BCUT2D eigenvalue weighted by molar-refractivity contribution is 5.88. The van der Waals surface area contributed by atoms with Crippen LogP contribution in [-0.2, 0) is 17.3 Å². The SMILES string of the molecule is Cc1c(F)cccc1[C@]1(C(=O)NO)CCC(c2ccc3cnn(C)c3c2)C1. The van der Waals surface area contributed by atoms with Crippen LogP contribution in [-0.4, -0.2) is 20.9 Å². The highest BCUT2D eigenvalue weighted by atomic mass is 19.1. The third kappa shape index (κ3) is 2.72. The molecule has 1 fully saturated rings. The van der Waals surface area contributed by atoms with Gasteiger partial charge >= 0.3 is 0 Å². The van der Waals surface area contributed by atoms with Crippen molar-refractivity contribution in [2.45, 2.75) is 37.5 Å². The molecule has 0 bridgehead atoms. The average molecular weight is 367 g/mol. The molecule has 2 atom stereocenters. The molecule has 6 heteroatoms. The van der Waals surface area contributed by atoms with Crippen LogP contribution in [0.25, 0.3) is 10.9 Å². The Bertz CT molecular complexity index is 1030. The number of carbonyl (C=O) groups excluding carboxylic acids is 1. The number of hydrogen-bond donors (Lipinski definition) is 2. The fourth-order valence-corrected chi connectivity index (χ4v) is 4.55. The Labute approximate surface area is 156 Å². The van der Waals surface area contributed by atoms with Gasteiger partial charge in [0, 0.05) is 12.4 Å². The summed E-state index contributed by atoms with van der Waals surface area (Å²) in [5.74, 6) is -0.665. The minimum Gasteiger partial charge on any atom is -0.289 e. The summed E-state index contributed by atoms with van der Waals surface area (Å²) in [7, 11) is 1.90. The summed E-state index contributed by atoms with van der Waals surface area (Å²) in [6.07, 6.45) is 3.69. The Hall–Kier alpha value is -2.73. The molecule has 3 aromatic rings. The molecule has 1 aliphatic rings. The van der Waals surface area contributed by atoms with Gasteiger partial charge in [0.25, 0.3) is 5.91 Å². The Balaban J connectivity index is 1.76. The molecule has 0 spiro atoms. The lowest BCUT2D eigenvalue weighted by atomic mass is 9.75. The lowest BCUT2D eigenvalue weighted by Crippen LogP contribution is -2.42. The van der Waals surface area contributed by atoms with Crippen molar-refractivity contribution in [3.8, 4) is 0 Å². The molecule has 1 aliphatic carbocycles. The number of carbonyl (C=O) groups is 1. The summed E-state index contributed by atoms with van der Waals surface area (Å²) in [5.41, 5.74) is 4.17. The molecule has 1 heterocycles. The predicted octanol–water partition coefficient (Wildman–Crippen LogP) is 3.73. The number of nitrogens with zero attached hydrogens (tertiary/aromatic N) is 2. The second-order valence-corrected chi connectivity index (χ2v) is 7.46. The van der Waals surface area contributed by atoms with Gasteiger partial charge in [-0.15, -0.1) is 0 Å². The minimum atomic E-state index is -0.937. The van der Waals surface area contributed by atoms with Crippen molar-refractivity contribution >= 4 is 16.8 Å². The van der Waals surface area contributed by atoms with Crippen molar-refractivity contribution in [1.82, 2.24) is 15.3 Å². The zero-order valence-electron chi connectivity index (χ0n) is 15.4. The van der Waals surface area contributed by atoms with E-state index in [4.69, 9.17) is 0 Å². The van der Waals surface area contributed by atoms with Gasteiger partial charge in [0.15, 0.2) is 0 Å². The topological polar surface area (TPSA) is 67.2 Å². The molecule has 1 saturated carbocycles. The zero-order chi connectivity index (χ0) is 19.2. The first-order valence-electron chi connectivity index (χ1n) is 9.08. The van der Waals surface area contributed by atoms with Gasteiger partial charge < -0.3 is 0 Å². The number of halogens is 1. The fraction of sp³-hybridized carbons (Fsp3) is 0.333. The summed E-state index contributed by atoms with van der Waals surface area (Å²) < 4.78 is 16.0. The fourth-order valence-electron chi connectivity index (χ4n) is 4.55. The lowest BCUT2D eigenvalue weighted by molar-refractivity contribution is -0.135. The van der Waals surface area contributed by atoms with Crippen LogP contribution in [0.1, 0.15) is 41.9 Å². The Morgan fingerprint density at radius 1 is 1.37 bits per heavy atom. The molecule has 2 aromatic carbocycles. The van der Waals surface area contributed by atoms with Crippen LogP contribution in [0.4, 0.5) is 4.39 Å². The Kier molecular flexibility index (Phi) is 4.23. The summed E-state index contributed by atoms with van der Waals surface area (Å²) in [6, 6.07) is 11.0. The van der Waals surface area contributed by atoms with Gasteiger partial charge in [-0.3, -0.25) is 14.7 Å². The van der Waals surface area contributed by atoms with Crippen molar-refractivity contribution in [2.24, 2.45) is 7.05 Å². The van der Waals surface area contributed by atoms with Gasteiger partial charge in [-0.05, 0) is 60.9 Å². The first kappa shape index (κ1) is 17.7. The summed E-state index contributed by atoms with van der Waals surface area (Å²) in [6.45, 7) is 1.69. The van der Waals surface area contributed by atoms with Crippen molar-refractivity contribution < 1.29 is 14.4 Å². The molecule has 1 amide bonds. The maximum Gasteiger partial charge on any atom is 0.254 e. The van der Waals surface area contributed by atoms with Crippen molar-refractivity contribution in [3.05, 3.63) is 65.1 Å². The molecule has 0 aliphatic heterocycles. The van der Waals surface area contributed by atoms with Crippen molar-refractivity contribution in [3.63, 3.8) is 0 Å². The summed E-state index contributed by atoms with van der Waals surface area (Å²) >= 11 is 0. The largest absolute Gasteiger partial charge is 0.289 e. The van der Waals surface area contributed by atoms with Crippen LogP contribution in [0.2, 0.25) is 0 Å². The normalized spacial score (nSPS) is 22.3. The van der Waals surface area contributed by atoms with E-state index in [0.29, 0.717) is 24.0 Å². The number of nitrogens with one attached hydrogen (secondary N) is 1. The van der Waals surface area contributed by atoms with E-state index in [-0.39, 0.29) is 11.7 Å². The highest BCUT2D eigenvalue weighted by Crippen LogP contribution is 2.49. The number of fused-ring (bicyclic) bond motifs is 1. The van der Waals surface area contributed by atoms with E-state index >= 15 is 0 Å². The molecular weight excluding hydrogens is 345 g/mol. The van der Waals surface area contributed by atoms with E-state index in [9.17, 15) is 14.4 Å². The van der Waals surface area contributed by atoms with Crippen LogP contribution in [0, 0.1) is 12.7 Å². The molecular formula is C21H22FN3O2. The minimum absolute atomic E-state index is 0.143. The van der Waals surface area contributed by atoms with E-state index < -0.39 is 11.3 Å². The Morgan fingerprint density at radius 3 is 2.96 bits per heavy atom. The molecule has 5 nitrogen and oxygen atoms in total. The third-order valence-electron chi connectivity index (χ3n) is 6.08. The number of rotatable bonds is 3. The Morgan fingerprint density at radius 2 is 2.19 bits per heavy atom. The number of hydrogen-bond acceptors (Lipinski definition) is 3. The first-order chi connectivity index (χ1) is 13.0. The molecule has 27 heavy (non-hydrogen) atoms.